The molecule has 0 radical (unpaired) electrons. The molecule has 0 saturated carbocycles. The molecule has 1 amide bonds. The number of aromatic nitrogens is 2. The van der Waals surface area contributed by atoms with Crippen LogP contribution >= 0.6 is 11.3 Å². The van der Waals surface area contributed by atoms with Crippen molar-refractivity contribution in [2.75, 3.05) is 11.4 Å². The number of imidazole rings is 1. The Labute approximate surface area is 126 Å². The molecule has 0 N–H and O–H groups in total. The molecule has 1 aromatic carbocycles. The molecular weight excluding hydrogens is 282 g/mol. The first-order valence-corrected chi connectivity index (χ1v) is 7.95. The van der Waals surface area contributed by atoms with Crippen LogP contribution < -0.4 is 4.90 Å². The van der Waals surface area contributed by atoms with Crippen LogP contribution in [0.4, 0.5) is 5.69 Å². The molecule has 0 bridgehead atoms. The topological polar surface area (TPSA) is 37.6 Å². The second kappa shape index (κ2) is 4.70. The van der Waals surface area contributed by atoms with Crippen LogP contribution in [0.2, 0.25) is 0 Å². The van der Waals surface area contributed by atoms with Crippen molar-refractivity contribution in [1.82, 2.24) is 9.38 Å². The number of fused-ring (bicyclic) bond motifs is 2. The average Bonchev–Trinajstić information content (AvgIpc) is 3.08. The smallest absolute Gasteiger partial charge is 0.278 e. The maximum absolute atomic E-state index is 12.8. The molecule has 1 aliphatic rings. The lowest BCUT2D eigenvalue weighted by Crippen LogP contribution is -2.35. The maximum Gasteiger partial charge on any atom is 0.278 e. The van der Waals surface area contributed by atoms with Crippen LogP contribution in [0, 0.1) is 6.92 Å². The molecule has 0 unspecified atom stereocenters. The van der Waals surface area contributed by atoms with Gasteiger partial charge in [-0.15, -0.1) is 11.3 Å². The van der Waals surface area contributed by atoms with E-state index in [-0.39, 0.29) is 5.91 Å². The Bertz CT molecular complexity index is 833. The lowest BCUT2D eigenvalue weighted by Gasteiger charge is -2.28. The van der Waals surface area contributed by atoms with Crippen molar-refractivity contribution in [3.05, 3.63) is 52.8 Å². The minimum atomic E-state index is -0.00236. The number of hydrogen-bond donors (Lipinski definition) is 0. The molecule has 0 atom stereocenters. The Kier molecular flexibility index (Phi) is 2.82. The quantitative estimate of drug-likeness (QED) is 0.691. The molecule has 3 heterocycles. The van der Waals surface area contributed by atoms with Gasteiger partial charge in [-0.25, -0.2) is 4.98 Å². The SMILES string of the molecule is Cc1csc2nc(C(=O)N3CCCc4ccccc43)cn12. The van der Waals surface area contributed by atoms with Crippen molar-refractivity contribution in [1.29, 1.82) is 0 Å². The molecule has 2 aromatic heterocycles. The number of aryl methyl sites for hydroxylation is 2. The second-order valence-corrected chi connectivity index (χ2v) is 6.18. The van der Waals surface area contributed by atoms with E-state index in [0.717, 1.165) is 35.7 Å². The molecule has 0 fully saturated rings. The van der Waals surface area contributed by atoms with Gasteiger partial charge in [-0.2, -0.15) is 0 Å². The van der Waals surface area contributed by atoms with Crippen molar-refractivity contribution in [2.45, 2.75) is 19.8 Å². The van der Waals surface area contributed by atoms with E-state index in [4.69, 9.17) is 0 Å². The molecule has 1 aliphatic heterocycles. The fraction of sp³-hybridized carbons (Fsp3) is 0.250. The molecule has 4 nitrogen and oxygen atoms in total. The van der Waals surface area contributed by atoms with Crippen molar-refractivity contribution in [2.24, 2.45) is 0 Å². The van der Waals surface area contributed by atoms with Gasteiger partial charge in [0.1, 0.15) is 5.69 Å². The summed E-state index contributed by atoms with van der Waals surface area (Å²) in [5.74, 6) is -0.00236. The second-order valence-electron chi connectivity index (χ2n) is 5.34. The number of thiazole rings is 1. The summed E-state index contributed by atoms with van der Waals surface area (Å²) in [6.45, 7) is 2.79. The van der Waals surface area contributed by atoms with Gasteiger partial charge in [-0.05, 0) is 31.4 Å². The van der Waals surface area contributed by atoms with Crippen molar-refractivity contribution >= 4 is 27.9 Å². The first-order chi connectivity index (χ1) is 10.2. The number of carbonyl (C=O) groups excluding carboxylic acids is 1. The zero-order valence-corrected chi connectivity index (χ0v) is 12.6. The van der Waals surface area contributed by atoms with E-state index < -0.39 is 0 Å². The molecule has 4 rings (SSSR count). The van der Waals surface area contributed by atoms with Crippen molar-refractivity contribution in [3.63, 3.8) is 0 Å². The van der Waals surface area contributed by atoms with E-state index in [1.54, 1.807) is 11.3 Å². The summed E-state index contributed by atoms with van der Waals surface area (Å²) >= 11 is 1.57. The molecule has 0 aliphatic carbocycles. The minimum absolute atomic E-state index is 0.00236. The first-order valence-electron chi connectivity index (χ1n) is 7.07. The van der Waals surface area contributed by atoms with Crippen LogP contribution in [0.3, 0.4) is 0 Å². The van der Waals surface area contributed by atoms with Gasteiger partial charge in [0.2, 0.25) is 0 Å². The predicted octanol–water partition coefficient (Wildman–Crippen LogP) is 3.30. The first kappa shape index (κ1) is 12.6. The maximum atomic E-state index is 12.8. The Balaban J connectivity index is 1.75. The fourth-order valence-electron chi connectivity index (χ4n) is 2.88. The van der Waals surface area contributed by atoms with Gasteiger partial charge >= 0.3 is 0 Å². The van der Waals surface area contributed by atoms with Gasteiger partial charge in [0.05, 0.1) is 0 Å². The number of amides is 1. The Morgan fingerprint density at radius 3 is 3.05 bits per heavy atom. The van der Waals surface area contributed by atoms with Gasteiger partial charge < -0.3 is 4.90 Å². The van der Waals surface area contributed by atoms with Gasteiger partial charge in [-0.1, -0.05) is 18.2 Å². The van der Waals surface area contributed by atoms with Crippen LogP contribution in [0.15, 0.2) is 35.8 Å². The van der Waals surface area contributed by atoms with Crippen molar-refractivity contribution < 1.29 is 4.79 Å². The number of anilines is 1. The van der Waals surface area contributed by atoms with Crippen LogP contribution in [-0.4, -0.2) is 21.8 Å². The number of carbonyl (C=O) groups is 1. The van der Waals surface area contributed by atoms with Crippen LogP contribution in [0.5, 0.6) is 0 Å². The average molecular weight is 297 g/mol. The summed E-state index contributed by atoms with van der Waals surface area (Å²) in [5.41, 5.74) is 3.92. The highest BCUT2D eigenvalue weighted by Crippen LogP contribution is 2.28. The van der Waals surface area contributed by atoms with Crippen LogP contribution in [-0.2, 0) is 6.42 Å². The van der Waals surface area contributed by atoms with Gasteiger partial charge in [0.25, 0.3) is 5.91 Å². The summed E-state index contributed by atoms with van der Waals surface area (Å²) in [4.78, 5) is 20.0. The Morgan fingerprint density at radius 1 is 1.33 bits per heavy atom. The monoisotopic (exact) mass is 297 g/mol. The zero-order chi connectivity index (χ0) is 14.4. The lowest BCUT2D eigenvalue weighted by atomic mass is 10.0. The fourth-order valence-corrected chi connectivity index (χ4v) is 3.73. The molecule has 106 valence electrons. The summed E-state index contributed by atoms with van der Waals surface area (Å²) in [6, 6.07) is 8.14. The van der Waals surface area contributed by atoms with Gasteiger partial charge in [0, 0.05) is 29.5 Å². The third kappa shape index (κ3) is 1.96. The number of rotatable bonds is 1. The number of benzene rings is 1. The molecular formula is C16H15N3OS. The number of para-hydroxylation sites is 1. The normalized spacial score (nSPS) is 14.4. The largest absolute Gasteiger partial charge is 0.307 e. The van der Waals surface area contributed by atoms with Crippen LogP contribution in [0.25, 0.3) is 4.96 Å². The lowest BCUT2D eigenvalue weighted by molar-refractivity contribution is 0.0981. The minimum Gasteiger partial charge on any atom is -0.307 e. The zero-order valence-electron chi connectivity index (χ0n) is 11.7. The summed E-state index contributed by atoms with van der Waals surface area (Å²) in [7, 11) is 0. The summed E-state index contributed by atoms with van der Waals surface area (Å²) in [6.07, 6.45) is 3.89. The summed E-state index contributed by atoms with van der Waals surface area (Å²) in [5, 5.41) is 2.05. The van der Waals surface area contributed by atoms with Crippen LogP contribution in [0.1, 0.15) is 28.2 Å². The van der Waals surface area contributed by atoms with E-state index in [1.165, 1.54) is 5.56 Å². The van der Waals surface area contributed by atoms with E-state index in [0.29, 0.717) is 5.69 Å². The molecule has 3 aromatic rings. The third-order valence-corrected chi connectivity index (χ3v) is 4.92. The van der Waals surface area contributed by atoms with Crippen molar-refractivity contribution in [3.8, 4) is 0 Å². The highest BCUT2D eigenvalue weighted by molar-refractivity contribution is 7.15. The van der Waals surface area contributed by atoms with E-state index in [2.05, 4.69) is 11.1 Å². The molecule has 0 spiro atoms. The third-order valence-electron chi connectivity index (χ3n) is 3.96. The highest BCUT2D eigenvalue weighted by atomic mass is 32.1. The predicted molar refractivity (Wildman–Crippen MR) is 84.2 cm³/mol. The summed E-state index contributed by atoms with van der Waals surface area (Å²) < 4.78 is 1.98. The Hall–Kier alpha value is -2.14. The number of hydrogen-bond acceptors (Lipinski definition) is 3. The standard InChI is InChI=1S/C16H15N3OS/c1-11-10-21-16-17-13(9-19(11)16)15(20)18-8-4-6-12-5-2-3-7-14(12)18/h2-3,5,7,9-10H,4,6,8H2,1H3. The van der Waals surface area contributed by atoms with Gasteiger partial charge in [-0.3, -0.25) is 9.20 Å². The van der Waals surface area contributed by atoms with E-state index in [9.17, 15) is 4.79 Å². The Morgan fingerprint density at radius 2 is 2.19 bits per heavy atom. The molecule has 5 heteroatoms. The van der Waals surface area contributed by atoms with E-state index in [1.807, 2.05) is 46.0 Å². The van der Waals surface area contributed by atoms with Gasteiger partial charge in [0.15, 0.2) is 4.96 Å². The van der Waals surface area contributed by atoms with E-state index >= 15 is 0 Å². The highest BCUT2D eigenvalue weighted by Gasteiger charge is 2.25. The molecule has 0 saturated heterocycles. The molecule has 21 heavy (non-hydrogen) atoms. The number of nitrogens with zero attached hydrogens (tertiary/aromatic N) is 3.